The first-order chi connectivity index (χ1) is 12.5. The van der Waals surface area contributed by atoms with Gasteiger partial charge in [-0.15, -0.1) is 0 Å². The van der Waals surface area contributed by atoms with Crippen LogP contribution in [0.4, 0.5) is 31.1 Å². The second kappa shape index (κ2) is 7.89. The Morgan fingerprint density at radius 1 is 0.963 bits per heavy atom. The molecule has 3 nitrogen and oxygen atoms in total. The van der Waals surface area contributed by atoms with Gasteiger partial charge in [0.1, 0.15) is 0 Å². The van der Waals surface area contributed by atoms with Gasteiger partial charge in [-0.1, -0.05) is 30.3 Å². The number of carbonyl (C=O) groups is 1. The minimum Gasteiger partial charge on any atom is -0.334 e. The summed E-state index contributed by atoms with van der Waals surface area (Å²) >= 11 is 0. The number of hydrogen-bond acceptors (Lipinski definition) is 1. The summed E-state index contributed by atoms with van der Waals surface area (Å²) in [6.45, 7) is 1.18. The van der Waals surface area contributed by atoms with Gasteiger partial charge < -0.3 is 10.6 Å². The van der Waals surface area contributed by atoms with E-state index in [0.717, 1.165) is 18.2 Å². The van der Waals surface area contributed by atoms with Crippen molar-refractivity contribution >= 4 is 6.03 Å². The summed E-state index contributed by atoms with van der Waals surface area (Å²) in [7, 11) is 0. The van der Waals surface area contributed by atoms with Gasteiger partial charge in [0.25, 0.3) is 0 Å². The van der Waals surface area contributed by atoms with Crippen LogP contribution < -0.4 is 10.6 Å². The van der Waals surface area contributed by atoms with E-state index < -0.39 is 35.6 Å². The van der Waals surface area contributed by atoms with Gasteiger partial charge in [-0.05, 0) is 36.2 Å². The number of hydrogen-bond donors (Lipinski definition) is 2. The van der Waals surface area contributed by atoms with Crippen LogP contribution in [0.1, 0.15) is 35.2 Å². The Labute approximate surface area is 151 Å². The largest absolute Gasteiger partial charge is 0.416 e. The van der Waals surface area contributed by atoms with Crippen molar-refractivity contribution in [2.24, 2.45) is 0 Å². The minimum atomic E-state index is -4.57. The summed E-state index contributed by atoms with van der Waals surface area (Å²) in [6, 6.07) is 7.48. The first kappa shape index (κ1) is 20.6. The molecular formula is C18H16F6N2O. The van der Waals surface area contributed by atoms with E-state index in [-0.39, 0.29) is 17.7 Å². The zero-order valence-electron chi connectivity index (χ0n) is 14.1. The number of nitrogens with one attached hydrogen (secondary N) is 2. The highest BCUT2D eigenvalue weighted by Gasteiger charge is 2.34. The van der Waals surface area contributed by atoms with Crippen molar-refractivity contribution in [3.63, 3.8) is 0 Å². The summed E-state index contributed by atoms with van der Waals surface area (Å²) in [5.74, 6) is 0. The molecular weight excluding hydrogens is 374 g/mol. The molecule has 0 saturated heterocycles. The summed E-state index contributed by atoms with van der Waals surface area (Å²) in [4.78, 5) is 11.9. The Morgan fingerprint density at radius 3 is 2.26 bits per heavy atom. The predicted molar refractivity (Wildman–Crippen MR) is 86.7 cm³/mol. The molecule has 0 heterocycles. The number of benzene rings is 2. The molecule has 0 aliphatic carbocycles. The summed E-state index contributed by atoms with van der Waals surface area (Å²) in [6.07, 6.45) is -9.07. The maximum Gasteiger partial charge on any atom is 0.416 e. The minimum absolute atomic E-state index is 0.112. The number of urea groups is 1. The zero-order chi connectivity index (χ0) is 20.2. The van der Waals surface area contributed by atoms with Crippen LogP contribution in [0.2, 0.25) is 0 Å². The Balaban J connectivity index is 2.01. The maximum absolute atomic E-state index is 13.0. The Morgan fingerprint density at radius 2 is 1.63 bits per heavy atom. The van der Waals surface area contributed by atoms with Crippen molar-refractivity contribution in [1.29, 1.82) is 0 Å². The van der Waals surface area contributed by atoms with E-state index in [1.54, 1.807) is 0 Å². The molecule has 1 atom stereocenters. The van der Waals surface area contributed by atoms with Crippen molar-refractivity contribution in [3.05, 3.63) is 70.8 Å². The predicted octanol–water partition coefficient (Wildman–Crippen LogP) is 5.28. The molecule has 2 aromatic carbocycles. The van der Waals surface area contributed by atoms with Crippen LogP contribution in [0.15, 0.2) is 48.5 Å². The second-order valence-electron chi connectivity index (χ2n) is 5.83. The summed E-state index contributed by atoms with van der Waals surface area (Å²) < 4.78 is 77.1. The van der Waals surface area contributed by atoms with E-state index in [4.69, 9.17) is 0 Å². The van der Waals surface area contributed by atoms with Gasteiger partial charge in [0, 0.05) is 6.54 Å². The van der Waals surface area contributed by atoms with E-state index in [1.165, 1.54) is 37.3 Å². The van der Waals surface area contributed by atoms with Crippen molar-refractivity contribution < 1.29 is 31.1 Å². The normalized spacial score (nSPS) is 13.1. The van der Waals surface area contributed by atoms with Crippen LogP contribution in [-0.2, 0) is 18.9 Å². The van der Waals surface area contributed by atoms with Gasteiger partial charge in [-0.3, -0.25) is 0 Å². The van der Waals surface area contributed by atoms with Crippen LogP contribution >= 0.6 is 0 Å². The van der Waals surface area contributed by atoms with Gasteiger partial charge >= 0.3 is 18.4 Å². The number of carbonyl (C=O) groups excluding carboxylic acids is 1. The lowest BCUT2D eigenvalue weighted by Crippen LogP contribution is -2.37. The SMILES string of the molecule is CC(NC(=O)NCc1cccc(C(F)(F)F)c1)c1ccccc1C(F)(F)F. The van der Waals surface area contributed by atoms with Gasteiger partial charge in [0.2, 0.25) is 0 Å². The van der Waals surface area contributed by atoms with Crippen molar-refractivity contribution in [2.75, 3.05) is 0 Å². The third-order valence-corrected chi connectivity index (χ3v) is 3.79. The molecule has 2 N–H and O–H groups in total. The van der Waals surface area contributed by atoms with E-state index in [1.807, 2.05) is 0 Å². The van der Waals surface area contributed by atoms with E-state index in [2.05, 4.69) is 10.6 Å². The fourth-order valence-electron chi connectivity index (χ4n) is 2.50. The molecule has 146 valence electrons. The van der Waals surface area contributed by atoms with E-state index >= 15 is 0 Å². The molecule has 1 unspecified atom stereocenters. The summed E-state index contributed by atoms with van der Waals surface area (Å²) in [5.41, 5.74) is -1.62. The van der Waals surface area contributed by atoms with E-state index in [0.29, 0.717) is 0 Å². The molecule has 0 aliphatic rings. The second-order valence-corrected chi connectivity index (χ2v) is 5.83. The molecule has 0 saturated carbocycles. The van der Waals surface area contributed by atoms with E-state index in [9.17, 15) is 31.1 Å². The van der Waals surface area contributed by atoms with Gasteiger partial charge in [-0.2, -0.15) is 26.3 Å². The Hall–Kier alpha value is -2.71. The highest BCUT2D eigenvalue weighted by Crippen LogP contribution is 2.34. The molecule has 0 fully saturated rings. The van der Waals surface area contributed by atoms with Gasteiger partial charge in [-0.25, -0.2) is 4.79 Å². The molecule has 2 aromatic rings. The first-order valence-electron chi connectivity index (χ1n) is 7.85. The monoisotopic (exact) mass is 390 g/mol. The van der Waals surface area contributed by atoms with Crippen molar-refractivity contribution in [3.8, 4) is 0 Å². The van der Waals surface area contributed by atoms with Crippen LogP contribution in [0.3, 0.4) is 0 Å². The molecule has 0 radical (unpaired) electrons. The van der Waals surface area contributed by atoms with Gasteiger partial charge in [0.05, 0.1) is 17.2 Å². The molecule has 2 amide bonds. The fraction of sp³-hybridized carbons (Fsp3) is 0.278. The molecule has 0 aliphatic heterocycles. The van der Waals surface area contributed by atoms with Crippen LogP contribution in [0.25, 0.3) is 0 Å². The Bertz CT molecular complexity index is 801. The zero-order valence-corrected chi connectivity index (χ0v) is 14.1. The maximum atomic E-state index is 13.0. The number of alkyl halides is 6. The van der Waals surface area contributed by atoms with Crippen molar-refractivity contribution in [1.82, 2.24) is 10.6 Å². The third kappa shape index (κ3) is 5.63. The smallest absolute Gasteiger partial charge is 0.334 e. The molecule has 27 heavy (non-hydrogen) atoms. The van der Waals surface area contributed by atoms with Crippen LogP contribution in [0, 0.1) is 0 Å². The van der Waals surface area contributed by atoms with Crippen LogP contribution in [-0.4, -0.2) is 6.03 Å². The third-order valence-electron chi connectivity index (χ3n) is 3.79. The molecule has 0 bridgehead atoms. The standard InChI is InChI=1S/C18H16F6N2O/c1-11(14-7-2-3-8-15(14)18(22,23)24)26-16(27)25-10-12-5-4-6-13(9-12)17(19,20)21/h2-9,11H,10H2,1H3,(H2,25,26,27). The summed E-state index contributed by atoms with van der Waals surface area (Å²) in [5, 5.41) is 4.69. The van der Waals surface area contributed by atoms with Crippen LogP contribution in [0.5, 0.6) is 0 Å². The Kier molecular flexibility index (Phi) is 6.02. The fourth-order valence-corrected chi connectivity index (χ4v) is 2.50. The highest BCUT2D eigenvalue weighted by atomic mass is 19.4. The topological polar surface area (TPSA) is 41.1 Å². The molecule has 0 aromatic heterocycles. The lowest BCUT2D eigenvalue weighted by Gasteiger charge is -2.20. The first-order valence-corrected chi connectivity index (χ1v) is 7.85. The molecule has 0 spiro atoms. The lowest BCUT2D eigenvalue weighted by molar-refractivity contribution is -0.139. The average molecular weight is 390 g/mol. The quantitative estimate of drug-likeness (QED) is 0.685. The molecule has 9 heteroatoms. The van der Waals surface area contributed by atoms with Gasteiger partial charge in [0.15, 0.2) is 0 Å². The highest BCUT2D eigenvalue weighted by molar-refractivity contribution is 5.74. The lowest BCUT2D eigenvalue weighted by atomic mass is 10.0. The molecule has 2 rings (SSSR count). The van der Waals surface area contributed by atoms with Crippen molar-refractivity contribution in [2.45, 2.75) is 31.9 Å². The average Bonchev–Trinajstić information content (AvgIpc) is 2.59. The number of amides is 2. The number of rotatable bonds is 4. The number of halogens is 6.